The fraction of sp³-hybridized carbons (Fsp3) is 0.0870. The van der Waals surface area contributed by atoms with Crippen LogP contribution in [0.25, 0.3) is 11.3 Å². The lowest BCUT2D eigenvalue weighted by Crippen LogP contribution is -2.29. The lowest BCUT2D eigenvalue weighted by Gasteiger charge is -2.26. The van der Waals surface area contributed by atoms with Crippen LogP contribution in [0.2, 0.25) is 15.1 Å². The number of H-pyrrole nitrogens is 1. The van der Waals surface area contributed by atoms with Crippen LogP contribution in [0.5, 0.6) is 5.75 Å². The van der Waals surface area contributed by atoms with Gasteiger partial charge in [-0.25, -0.2) is 0 Å². The van der Waals surface area contributed by atoms with E-state index in [1.807, 2.05) is 18.2 Å². The van der Waals surface area contributed by atoms with Crippen molar-refractivity contribution < 1.29 is 9.90 Å². The first kappa shape index (κ1) is 20.8. The topological polar surface area (TPSA) is 82.1 Å². The highest BCUT2D eigenvalue weighted by molar-refractivity contribution is 6.42. The molecule has 1 aliphatic rings. The Morgan fingerprint density at radius 1 is 1.06 bits per heavy atom. The summed E-state index contributed by atoms with van der Waals surface area (Å²) in [6, 6.07) is 13.2. The van der Waals surface area contributed by atoms with Crippen molar-refractivity contribution >= 4 is 40.7 Å². The minimum Gasteiger partial charge on any atom is -0.507 e. The van der Waals surface area contributed by atoms with E-state index in [1.165, 1.54) is 6.07 Å². The number of benzene rings is 2. The molecule has 6 nitrogen and oxygen atoms in total. The summed E-state index contributed by atoms with van der Waals surface area (Å²) in [5, 5.41) is 18.9. The molecule has 0 spiro atoms. The SMILES string of the molecule is O=C1c2[nH]nc(-c3cc(Cl)ccc3O)c2C(c2ccc(Cl)c(Cl)c2)N1Cc1cccnc1. The number of phenolic OH excluding ortho intramolecular Hbond substituents is 1. The first-order valence-electron chi connectivity index (χ1n) is 9.66. The summed E-state index contributed by atoms with van der Waals surface area (Å²) in [4.78, 5) is 19.3. The van der Waals surface area contributed by atoms with Gasteiger partial charge in [-0.15, -0.1) is 0 Å². The number of aromatic amines is 1. The molecule has 1 atom stereocenters. The summed E-state index contributed by atoms with van der Waals surface area (Å²) in [5.74, 6) is -0.213. The van der Waals surface area contributed by atoms with Crippen LogP contribution in [0.15, 0.2) is 60.9 Å². The Kier molecular flexibility index (Phi) is 5.29. The number of phenols is 1. The van der Waals surface area contributed by atoms with Crippen LogP contribution in [0.4, 0.5) is 0 Å². The highest BCUT2D eigenvalue weighted by atomic mass is 35.5. The monoisotopic (exact) mass is 484 g/mol. The smallest absolute Gasteiger partial charge is 0.273 e. The Hall–Kier alpha value is -3.06. The van der Waals surface area contributed by atoms with Gasteiger partial charge in [-0.2, -0.15) is 5.10 Å². The molecule has 9 heteroatoms. The minimum atomic E-state index is -0.514. The number of pyridine rings is 1. The number of hydrogen-bond donors (Lipinski definition) is 2. The maximum absolute atomic E-state index is 13.4. The van der Waals surface area contributed by atoms with E-state index in [1.54, 1.807) is 41.6 Å². The van der Waals surface area contributed by atoms with Crippen molar-refractivity contribution in [3.05, 3.63) is 98.4 Å². The molecular weight excluding hydrogens is 471 g/mol. The van der Waals surface area contributed by atoms with Crippen molar-refractivity contribution in [1.82, 2.24) is 20.1 Å². The van der Waals surface area contributed by atoms with Gasteiger partial charge in [-0.3, -0.25) is 14.9 Å². The molecule has 4 aromatic rings. The zero-order chi connectivity index (χ0) is 22.4. The van der Waals surface area contributed by atoms with Crippen molar-refractivity contribution in [2.75, 3.05) is 0 Å². The average molecular weight is 486 g/mol. The standard InChI is InChI=1S/C23H15Cl3N4O2/c24-14-4-6-18(31)15(9-14)20-19-21(29-28-20)23(32)30(11-12-2-1-7-27-10-12)22(19)13-3-5-16(25)17(26)8-13/h1-10,22,31H,11H2,(H,28,29). The Morgan fingerprint density at radius 2 is 1.91 bits per heavy atom. The van der Waals surface area contributed by atoms with Crippen LogP contribution < -0.4 is 0 Å². The van der Waals surface area contributed by atoms with E-state index in [2.05, 4.69) is 15.2 Å². The van der Waals surface area contributed by atoms with Gasteiger partial charge in [0.15, 0.2) is 0 Å². The van der Waals surface area contributed by atoms with Crippen LogP contribution in [0.1, 0.15) is 33.2 Å². The van der Waals surface area contributed by atoms with E-state index < -0.39 is 6.04 Å². The quantitative estimate of drug-likeness (QED) is 0.378. The molecule has 1 aliphatic heterocycles. The zero-order valence-electron chi connectivity index (χ0n) is 16.4. The van der Waals surface area contributed by atoms with Crippen LogP contribution in [-0.4, -0.2) is 31.1 Å². The molecule has 5 rings (SSSR count). The Labute approximate surface area is 198 Å². The van der Waals surface area contributed by atoms with Crippen molar-refractivity contribution in [2.45, 2.75) is 12.6 Å². The number of nitrogens with one attached hydrogen (secondary N) is 1. The lowest BCUT2D eigenvalue weighted by molar-refractivity contribution is 0.0730. The third kappa shape index (κ3) is 3.50. The second-order valence-electron chi connectivity index (χ2n) is 7.39. The maximum Gasteiger partial charge on any atom is 0.273 e. The molecule has 160 valence electrons. The lowest BCUT2D eigenvalue weighted by atomic mass is 9.95. The molecule has 1 amide bonds. The summed E-state index contributed by atoms with van der Waals surface area (Å²) in [7, 11) is 0. The van der Waals surface area contributed by atoms with E-state index in [-0.39, 0.29) is 11.7 Å². The third-order valence-corrected chi connectivity index (χ3v) is 6.39. The molecule has 0 saturated heterocycles. The van der Waals surface area contributed by atoms with Crippen LogP contribution in [-0.2, 0) is 6.54 Å². The summed E-state index contributed by atoms with van der Waals surface area (Å²) in [5.41, 5.74) is 3.49. The van der Waals surface area contributed by atoms with Crippen LogP contribution >= 0.6 is 34.8 Å². The number of hydrogen-bond acceptors (Lipinski definition) is 4. The van der Waals surface area contributed by atoms with Crippen LogP contribution in [0, 0.1) is 0 Å². The minimum absolute atomic E-state index is 0.00902. The number of amides is 1. The van der Waals surface area contributed by atoms with Gasteiger partial charge in [-0.1, -0.05) is 46.9 Å². The number of carbonyl (C=O) groups is 1. The van der Waals surface area contributed by atoms with E-state index in [4.69, 9.17) is 34.8 Å². The predicted molar refractivity (Wildman–Crippen MR) is 123 cm³/mol. The third-order valence-electron chi connectivity index (χ3n) is 5.41. The van der Waals surface area contributed by atoms with Crippen LogP contribution in [0.3, 0.4) is 0 Å². The molecule has 32 heavy (non-hydrogen) atoms. The number of halogens is 3. The molecule has 2 N–H and O–H groups in total. The Balaban J connectivity index is 1.70. The molecule has 1 unspecified atom stereocenters. The largest absolute Gasteiger partial charge is 0.507 e. The van der Waals surface area contributed by atoms with Crippen molar-refractivity contribution in [3.63, 3.8) is 0 Å². The summed E-state index contributed by atoms with van der Waals surface area (Å²) < 4.78 is 0. The van der Waals surface area contributed by atoms with Gasteiger partial charge in [0.05, 0.1) is 16.1 Å². The van der Waals surface area contributed by atoms with Crippen molar-refractivity contribution in [1.29, 1.82) is 0 Å². The van der Waals surface area contributed by atoms with Gasteiger partial charge in [0.2, 0.25) is 0 Å². The number of aromatic nitrogens is 3. The Morgan fingerprint density at radius 3 is 2.66 bits per heavy atom. The van der Waals surface area contributed by atoms with Gasteiger partial charge >= 0.3 is 0 Å². The van der Waals surface area contributed by atoms with Gasteiger partial charge in [0, 0.05) is 35.1 Å². The van der Waals surface area contributed by atoms with E-state index in [9.17, 15) is 9.90 Å². The molecule has 0 fully saturated rings. The normalized spacial score (nSPS) is 15.3. The molecule has 3 heterocycles. The highest BCUT2D eigenvalue weighted by Crippen LogP contribution is 2.46. The zero-order valence-corrected chi connectivity index (χ0v) is 18.7. The molecule has 2 aromatic heterocycles. The van der Waals surface area contributed by atoms with E-state index in [0.717, 1.165) is 11.1 Å². The van der Waals surface area contributed by atoms with Crippen molar-refractivity contribution in [2.24, 2.45) is 0 Å². The van der Waals surface area contributed by atoms with Crippen molar-refractivity contribution in [3.8, 4) is 17.0 Å². The van der Waals surface area contributed by atoms with Gasteiger partial charge in [-0.05, 0) is 47.5 Å². The highest BCUT2D eigenvalue weighted by Gasteiger charge is 2.42. The van der Waals surface area contributed by atoms with Gasteiger partial charge < -0.3 is 10.0 Å². The van der Waals surface area contributed by atoms with E-state index in [0.29, 0.717) is 44.1 Å². The summed E-state index contributed by atoms with van der Waals surface area (Å²) in [6.07, 6.45) is 3.39. The van der Waals surface area contributed by atoms with E-state index >= 15 is 0 Å². The molecule has 2 aromatic carbocycles. The van der Waals surface area contributed by atoms with Gasteiger partial charge in [0.25, 0.3) is 5.91 Å². The summed E-state index contributed by atoms with van der Waals surface area (Å²) >= 11 is 18.6. The second-order valence-corrected chi connectivity index (χ2v) is 8.64. The molecule has 0 radical (unpaired) electrons. The Bertz CT molecular complexity index is 1340. The first-order valence-corrected chi connectivity index (χ1v) is 10.8. The predicted octanol–water partition coefficient (Wildman–Crippen LogP) is 5.88. The number of rotatable bonds is 4. The number of fused-ring (bicyclic) bond motifs is 1. The number of nitrogens with zero attached hydrogens (tertiary/aromatic N) is 3. The number of carbonyl (C=O) groups excluding carboxylic acids is 1. The second kappa shape index (κ2) is 8.13. The summed E-state index contributed by atoms with van der Waals surface area (Å²) in [6.45, 7) is 0.321. The molecule has 0 bridgehead atoms. The fourth-order valence-corrected chi connectivity index (χ4v) is 4.46. The number of aromatic hydroxyl groups is 1. The molecule has 0 aliphatic carbocycles. The molecule has 0 saturated carbocycles. The maximum atomic E-state index is 13.4. The first-order chi connectivity index (χ1) is 15.4. The average Bonchev–Trinajstić information content (AvgIpc) is 3.32. The molecular formula is C23H15Cl3N4O2. The van der Waals surface area contributed by atoms with Gasteiger partial charge in [0.1, 0.15) is 17.1 Å². The fourth-order valence-electron chi connectivity index (χ4n) is 3.98.